The molecule has 1 saturated heterocycles. The van der Waals surface area contributed by atoms with Gasteiger partial charge in [-0.15, -0.1) is 0 Å². The van der Waals surface area contributed by atoms with E-state index in [2.05, 4.69) is 30.0 Å². The Morgan fingerprint density at radius 3 is 2.75 bits per heavy atom. The van der Waals surface area contributed by atoms with Crippen LogP contribution in [0.2, 0.25) is 5.02 Å². The molecule has 4 aromatic rings. The number of hydrogen-bond acceptors (Lipinski definition) is 7. The van der Waals surface area contributed by atoms with Crippen molar-refractivity contribution < 1.29 is 4.52 Å². The summed E-state index contributed by atoms with van der Waals surface area (Å²) in [6.07, 6.45) is 5.37. The molecule has 0 N–H and O–H groups in total. The lowest BCUT2D eigenvalue weighted by atomic mass is 9.98. The van der Waals surface area contributed by atoms with E-state index in [1.165, 1.54) is 0 Å². The van der Waals surface area contributed by atoms with Gasteiger partial charge < -0.3 is 9.42 Å². The Hall–Kier alpha value is -3.06. The molecule has 0 radical (unpaired) electrons. The number of hydrogen-bond donors (Lipinski definition) is 0. The molecule has 1 unspecified atom stereocenters. The van der Waals surface area contributed by atoms with Crippen LogP contribution in [-0.4, -0.2) is 38.2 Å². The molecule has 8 heteroatoms. The first kappa shape index (κ1) is 17.1. The van der Waals surface area contributed by atoms with Gasteiger partial charge in [0, 0.05) is 36.1 Å². The molecule has 0 bridgehead atoms. The van der Waals surface area contributed by atoms with Gasteiger partial charge in [-0.25, -0.2) is 9.97 Å². The second kappa shape index (κ2) is 7.16. The van der Waals surface area contributed by atoms with Crippen molar-refractivity contribution in [2.75, 3.05) is 18.0 Å². The number of rotatable bonds is 3. The monoisotopic (exact) mass is 392 g/mol. The summed E-state index contributed by atoms with van der Waals surface area (Å²) in [6, 6.07) is 11.4. The Morgan fingerprint density at radius 1 is 1.00 bits per heavy atom. The van der Waals surface area contributed by atoms with E-state index >= 15 is 0 Å². The Balaban J connectivity index is 1.37. The Labute approximate surface area is 166 Å². The van der Waals surface area contributed by atoms with Crippen molar-refractivity contribution in [3.05, 3.63) is 59.7 Å². The lowest BCUT2D eigenvalue weighted by Gasteiger charge is -2.31. The Kier molecular flexibility index (Phi) is 4.37. The zero-order chi connectivity index (χ0) is 18.9. The smallest absolute Gasteiger partial charge is 0.231 e. The molecule has 28 heavy (non-hydrogen) atoms. The second-order valence-electron chi connectivity index (χ2n) is 6.82. The number of fused-ring (bicyclic) bond motifs is 1. The van der Waals surface area contributed by atoms with Crippen molar-refractivity contribution in [1.82, 2.24) is 25.1 Å². The summed E-state index contributed by atoms with van der Waals surface area (Å²) in [5.41, 5.74) is 2.34. The molecular weight excluding hydrogens is 376 g/mol. The molecule has 0 saturated carbocycles. The van der Waals surface area contributed by atoms with E-state index in [9.17, 15) is 0 Å². The van der Waals surface area contributed by atoms with Crippen molar-refractivity contribution in [2.45, 2.75) is 18.8 Å². The van der Waals surface area contributed by atoms with E-state index in [1.807, 2.05) is 36.4 Å². The first-order valence-corrected chi connectivity index (χ1v) is 9.56. The molecule has 1 aromatic carbocycles. The van der Waals surface area contributed by atoms with Crippen LogP contribution in [-0.2, 0) is 0 Å². The Morgan fingerprint density at radius 2 is 1.86 bits per heavy atom. The van der Waals surface area contributed by atoms with Crippen molar-refractivity contribution in [2.24, 2.45) is 0 Å². The fourth-order valence-electron chi connectivity index (χ4n) is 3.52. The highest BCUT2D eigenvalue weighted by atomic mass is 35.5. The largest absolute Gasteiger partial charge is 0.356 e. The molecule has 1 fully saturated rings. The van der Waals surface area contributed by atoms with Gasteiger partial charge in [0.2, 0.25) is 11.7 Å². The number of piperidine rings is 1. The third-order valence-electron chi connectivity index (χ3n) is 4.96. The Bertz CT molecular complexity index is 1110. The van der Waals surface area contributed by atoms with E-state index in [4.69, 9.17) is 16.1 Å². The summed E-state index contributed by atoms with van der Waals surface area (Å²) in [7, 11) is 0. The molecule has 1 aliphatic heterocycles. The maximum absolute atomic E-state index is 5.95. The number of halogens is 1. The van der Waals surface area contributed by atoms with E-state index in [0.29, 0.717) is 22.4 Å². The van der Waals surface area contributed by atoms with Crippen LogP contribution < -0.4 is 4.90 Å². The average molecular weight is 393 g/mol. The topological polar surface area (TPSA) is 80.8 Å². The van der Waals surface area contributed by atoms with Crippen LogP contribution in [0.1, 0.15) is 24.7 Å². The molecule has 0 aliphatic carbocycles. The molecule has 7 nitrogen and oxygen atoms in total. The van der Waals surface area contributed by atoms with Crippen LogP contribution in [0.3, 0.4) is 0 Å². The summed E-state index contributed by atoms with van der Waals surface area (Å²) in [5, 5.41) is 4.83. The van der Waals surface area contributed by atoms with Crippen LogP contribution in [0.5, 0.6) is 0 Å². The van der Waals surface area contributed by atoms with Crippen LogP contribution in [0, 0.1) is 0 Å². The van der Waals surface area contributed by atoms with Gasteiger partial charge in [0.15, 0.2) is 5.65 Å². The summed E-state index contributed by atoms with van der Waals surface area (Å²) in [6.45, 7) is 1.72. The minimum atomic E-state index is 0.168. The zero-order valence-electron chi connectivity index (χ0n) is 15.0. The maximum Gasteiger partial charge on any atom is 0.231 e. The van der Waals surface area contributed by atoms with Gasteiger partial charge in [-0.1, -0.05) is 16.8 Å². The SMILES string of the molecule is Clc1ccc(-c2noc(C3CCCN(c4ccc5nccnc5n4)C3)n2)cc1. The summed E-state index contributed by atoms with van der Waals surface area (Å²) >= 11 is 5.95. The fourth-order valence-corrected chi connectivity index (χ4v) is 3.65. The summed E-state index contributed by atoms with van der Waals surface area (Å²) < 4.78 is 5.58. The number of pyridine rings is 1. The van der Waals surface area contributed by atoms with Crippen molar-refractivity contribution in [3.63, 3.8) is 0 Å². The number of anilines is 1. The molecular formula is C20H17ClN6O. The number of nitrogens with zero attached hydrogens (tertiary/aromatic N) is 6. The minimum absolute atomic E-state index is 0.168. The number of aromatic nitrogens is 5. The highest BCUT2D eigenvalue weighted by Gasteiger charge is 2.27. The maximum atomic E-state index is 5.95. The third-order valence-corrected chi connectivity index (χ3v) is 5.21. The average Bonchev–Trinajstić information content (AvgIpc) is 3.24. The van der Waals surface area contributed by atoms with Crippen molar-refractivity contribution >= 4 is 28.6 Å². The quantitative estimate of drug-likeness (QED) is 0.518. The summed E-state index contributed by atoms with van der Waals surface area (Å²) in [5.74, 6) is 2.31. The van der Waals surface area contributed by atoms with Crippen molar-refractivity contribution in [1.29, 1.82) is 0 Å². The first-order valence-electron chi connectivity index (χ1n) is 9.18. The standard InChI is InChI=1S/C20H17ClN6O/c21-15-5-3-13(4-6-15)18-25-20(28-26-18)14-2-1-11-27(12-14)17-8-7-16-19(24-17)23-10-9-22-16/h3-10,14H,1-2,11-12H2. The van der Waals surface area contributed by atoms with E-state index in [1.54, 1.807) is 12.4 Å². The molecule has 0 spiro atoms. The highest BCUT2D eigenvalue weighted by Crippen LogP contribution is 2.30. The molecule has 0 amide bonds. The fraction of sp³-hybridized carbons (Fsp3) is 0.250. The van der Waals surface area contributed by atoms with Gasteiger partial charge in [-0.3, -0.25) is 4.98 Å². The minimum Gasteiger partial charge on any atom is -0.356 e. The predicted octanol–water partition coefficient (Wildman–Crippen LogP) is 4.11. The van der Waals surface area contributed by atoms with Gasteiger partial charge >= 0.3 is 0 Å². The van der Waals surface area contributed by atoms with Crippen LogP contribution in [0.4, 0.5) is 5.82 Å². The van der Waals surface area contributed by atoms with Gasteiger partial charge in [0.05, 0.1) is 5.92 Å². The zero-order valence-corrected chi connectivity index (χ0v) is 15.8. The third kappa shape index (κ3) is 3.29. The molecule has 1 atom stereocenters. The molecule has 1 aliphatic rings. The lowest BCUT2D eigenvalue weighted by Crippen LogP contribution is -2.35. The van der Waals surface area contributed by atoms with E-state index < -0.39 is 0 Å². The highest BCUT2D eigenvalue weighted by molar-refractivity contribution is 6.30. The van der Waals surface area contributed by atoms with Gasteiger partial charge in [-0.2, -0.15) is 4.98 Å². The van der Waals surface area contributed by atoms with Crippen LogP contribution >= 0.6 is 11.6 Å². The molecule has 5 rings (SSSR count). The van der Waals surface area contributed by atoms with Gasteiger partial charge in [-0.05, 0) is 49.2 Å². The molecule has 4 heterocycles. The van der Waals surface area contributed by atoms with Crippen LogP contribution in [0.25, 0.3) is 22.6 Å². The van der Waals surface area contributed by atoms with Crippen LogP contribution in [0.15, 0.2) is 53.3 Å². The van der Waals surface area contributed by atoms with E-state index in [0.717, 1.165) is 42.8 Å². The predicted molar refractivity (Wildman–Crippen MR) is 106 cm³/mol. The van der Waals surface area contributed by atoms with Gasteiger partial charge in [0.25, 0.3) is 0 Å². The molecule has 140 valence electrons. The summed E-state index contributed by atoms with van der Waals surface area (Å²) in [4.78, 5) is 20.1. The van der Waals surface area contributed by atoms with E-state index in [-0.39, 0.29) is 5.92 Å². The van der Waals surface area contributed by atoms with Gasteiger partial charge in [0.1, 0.15) is 11.3 Å². The normalized spacial score (nSPS) is 17.2. The lowest BCUT2D eigenvalue weighted by molar-refractivity contribution is 0.333. The first-order chi connectivity index (χ1) is 13.8. The molecule has 3 aromatic heterocycles. The number of benzene rings is 1. The van der Waals surface area contributed by atoms with Crippen molar-refractivity contribution in [3.8, 4) is 11.4 Å². The second-order valence-corrected chi connectivity index (χ2v) is 7.25.